The van der Waals surface area contributed by atoms with Gasteiger partial charge >= 0.3 is 11.9 Å². The first-order chi connectivity index (χ1) is 12.8. The lowest BCUT2D eigenvalue weighted by Crippen LogP contribution is -2.45. The molecule has 0 fully saturated rings. The number of carbonyl (C=O) groups excluding carboxylic acids is 1. The molecule has 0 saturated heterocycles. The smallest absolute Gasteiger partial charge is 0.275 e. The number of allylic oxidation sites excluding steroid dienone is 1. The van der Waals surface area contributed by atoms with Crippen LogP contribution in [0.15, 0.2) is 66.7 Å². The van der Waals surface area contributed by atoms with Gasteiger partial charge in [-0.2, -0.15) is 0 Å². The van der Waals surface area contributed by atoms with Crippen LogP contribution in [0.2, 0.25) is 0 Å². The average Bonchev–Trinajstić information content (AvgIpc) is 3.06. The molecule has 3 aromatic rings. The number of hydrogen-bond donors (Lipinski definition) is 2. The van der Waals surface area contributed by atoms with E-state index < -0.39 is 0 Å². The Hall–Kier alpha value is -3.41. The van der Waals surface area contributed by atoms with Crippen molar-refractivity contribution in [2.24, 2.45) is 0 Å². The van der Waals surface area contributed by atoms with E-state index in [1.807, 2.05) is 45.6 Å². The van der Waals surface area contributed by atoms with E-state index >= 15 is 0 Å². The first kappa shape index (κ1) is 14.9. The first-order valence-corrected chi connectivity index (χ1v) is 8.71. The van der Waals surface area contributed by atoms with Gasteiger partial charge in [0, 0.05) is 10.7 Å². The summed E-state index contributed by atoms with van der Waals surface area (Å²) in [5.74, 6) is 1.48. The summed E-state index contributed by atoms with van der Waals surface area (Å²) in [6, 6.07) is 20.5. The third kappa shape index (κ3) is 2.38. The quantitative estimate of drug-likeness (QED) is 0.703. The highest BCUT2D eigenvalue weighted by Gasteiger charge is 2.36. The molecule has 5 rings (SSSR count). The number of amides is 1. The molecule has 2 aromatic carbocycles. The van der Waals surface area contributed by atoms with Crippen molar-refractivity contribution in [2.45, 2.75) is 19.0 Å². The number of aromatic nitrogens is 3. The molecule has 0 saturated carbocycles. The molecule has 6 heteroatoms. The monoisotopic (exact) mass is 344 g/mol. The van der Waals surface area contributed by atoms with Crippen molar-refractivity contribution in [1.82, 2.24) is 9.78 Å². The fourth-order valence-corrected chi connectivity index (χ4v) is 3.52. The van der Waals surface area contributed by atoms with Crippen LogP contribution in [0.3, 0.4) is 0 Å². The highest BCUT2D eigenvalue weighted by Crippen LogP contribution is 2.32. The van der Waals surface area contributed by atoms with Gasteiger partial charge in [0.05, 0.1) is 18.7 Å². The van der Waals surface area contributed by atoms with E-state index in [2.05, 4.69) is 46.1 Å². The number of nitrogens with zero attached hydrogens (tertiary/aromatic N) is 3. The predicted molar refractivity (Wildman–Crippen MR) is 98.3 cm³/mol. The number of benzene rings is 2. The van der Waals surface area contributed by atoms with Gasteiger partial charge in [-0.05, 0) is 11.6 Å². The Morgan fingerprint density at radius 3 is 2.50 bits per heavy atom. The zero-order valence-corrected chi connectivity index (χ0v) is 14.1. The number of rotatable bonds is 2. The number of nitrogens with one attached hydrogen (secondary N) is 2. The Labute approximate surface area is 150 Å². The first-order valence-electron chi connectivity index (χ1n) is 8.71. The van der Waals surface area contributed by atoms with Crippen molar-refractivity contribution >= 4 is 23.5 Å². The summed E-state index contributed by atoms with van der Waals surface area (Å²) in [5, 5.41) is 11.1. The molecule has 128 valence electrons. The van der Waals surface area contributed by atoms with E-state index in [0.29, 0.717) is 18.9 Å². The number of carbonyl (C=O) groups is 1. The molecule has 0 aliphatic carbocycles. The molecule has 0 spiro atoms. The fourth-order valence-electron chi connectivity index (χ4n) is 3.52. The van der Waals surface area contributed by atoms with Crippen molar-refractivity contribution < 1.29 is 9.36 Å². The van der Waals surface area contributed by atoms with Gasteiger partial charge in [-0.25, -0.2) is 9.88 Å². The lowest BCUT2D eigenvalue weighted by Gasteiger charge is -2.21. The molecule has 1 unspecified atom stereocenters. The molecule has 2 N–H and O–H groups in total. The van der Waals surface area contributed by atoms with Gasteiger partial charge in [-0.1, -0.05) is 60.7 Å². The van der Waals surface area contributed by atoms with Crippen LogP contribution in [-0.4, -0.2) is 15.7 Å². The molecule has 0 bridgehead atoms. The Balaban J connectivity index is 1.67. The molecule has 3 heterocycles. The molecule has 1 atom stereocenters. The van der Waals surface area contributed by atoms with Crippen LogP contribution >= 0.6 is 0 Å². The molecule has 6 nitrogen and oxygen atoms in total. The van der Waals surface area contributed by atoms with Gasteiger partial charge < -0.3 is 0 Å². The molecular weight excluding hydrogens is 326 g/mol. The number of anilines is 2. The van der Waals surface area contributed by atoms with E-state index in [0.717, 1.165) is 22.8 Å². The molecule has 2 aliphatic rings. The number of hydrogen-bond acceptors (Lipinski definition) is 3. The maximum atomic E-state index is 11.8. The van der Waals surface area contributed by atoms with Crippen LogP contribution in [0.5, 0.6) is 0 Å². The van der Waals surface area contributed by atoms with E-state index in [1.165, 1.54) is 0 Å². The second-order valence-electron chi connectivity index (χ2n) is 6.47. The average molecular weight is 344 g/mol. The predicted octanol–water partition coefficient (Wildman–Crippen LogP) is 2.57. The molecule has 26 heavy (non-hydrogen) atoms. The second-order valence-corrected chi connectivity index (χ2v) is 6.47. The SMILES string of the molecule is O=C1CC[n+]2c(nn3c2NC(c2ccccc2)=CC3c2ccccc2)N1. The van der Waals surface area contributed by atoms with E-state index in [-0.39, 0.29) is 11.9 Å². The molecule has 0 radical (unpaired) electrons. The van der Waals surface area contributed by atoms with Crippen molar-refractivity contribution in [3.8, 4) is 0 Å². The van der Waals surface area contributed by atoms with Gasteiger partial charge in [-0.15, -0.1) is 4.68 Å². The van der Waals surface area contributed by atoms with Gasteiger partial charge in [0.25, 0.3) is 5.91 Å². The molecule has 1 amide bonds. The Morgan fingerprint density at radius 2 is 1.73 bits per heavy atom. The summed E-state index contributed by atoms with van der Waals surface area (Å²) < 4.78 is 3.98. The third-order valence-electron chi connectivity index (χ3n) is 4.80. The largest absolute Gasteiger partial charge is 0.356 e. The van der Waals surface area contributed by atoms with Crippen LogP contribution < -0.4 is 15.2 Å². The van der Waals surface area contributed by atoms with Gasteiger partial charge in [0.15, 0.2) is 0 Å². The van der Waals surface area contributed by atoms with E-state index in [4.69, 9.17) is 0 Å². The van der Waals surface area contributed by atoms with Gasteiger partial charge in [-0.3, -0.25) is 10.1 Å². The van der Waals surface area contributed by atoms with Crippen molar-refractivity contribution in [1.29, 1.82) is 0 Å². The van der Waals surface area contributed by atoms with Crippen LogP contribution in [-0.2, 0) is 11.3 Å². The third-order valence-corrected chi connectivity index (χ3v) is 4.80. The van der Waals surface area contributed by atoms with E-state index in [9.17, 15) is 4.79 Å². The molecular formula is C20H18N5O+. The second kappa shape index (κ2) is 5.84. The van der Waals surface area contributed by atoms with Crippen LogP contribution in [0.25, 0.3) is 5.70 Å². The van der Waals surface area contributed by atoms with Gasteiger partial charge in [0.1, 0.15) is 6.04 Å². The summed E-state index contributed by atoms with van der Waals surface area (Å²) >= 11 is 0. The fraction of sp³-hybridized carbons (Fsp3) is 0.150. The summed E-state index contributed by atoms with van der Waals surface area (Å²) in [7, 11) is 0. The van der Waals surface area contributed by atoms with E-state index in [1.54, 1.807) is 0 Å². The lowest BCUT2D eigenvalue weighted by molar-refractivity contribution is -0.670. The zero-order chi connectivity index (χ0) is 17.5. The van der Waals surface area contributed by atoms with Gasteiger partial charge in [0.2, 0.25) is 0 Å². The number of fused-ring (bicyclic) bond motifs is 3. The minimum Gasteiger partial charge on any atom is -0.275 e. The summed E-state index contributed by atoms with van der Waals surface area (Å²) in [6.45, 7) is 0.618. The minimum atomic E-state index is -0.0438. The van der Waals surface area contributed by atoms with Crippen LogP contribution in [0.1, 0.15) is 23.6 Å². The summed E-state index contributed by atoms with van der Waals surface area (Å²) in [5.41, 5.74) is 3.31. The minimum absolute atomic E-state index is 0.00736. The Kier molecular flexibility index (Phi) is 3.35. The highest BCUT2D eigenvalue weighted by molar-refractivity contribution is 5.89. The Morgan fingerprint density at radius 1 is 1.00 bits per heavy atom. The Bertz CT molecular complexity index is 1010. The molecule has 1 aromatic heterocycles. The van der Waals surface area contributed by atoms with Crippen molar-refractivity contribution in [3.63, 3.8) is 0 Å². The maximum absolute atomic E-state index is 11.8. The summed E-state index contributed by atoms with van der Waals surface area (Å²) in [6.07, 6.45) is 2.64. The highest BCUT2D eigenvalue weighted by atomic mass is 16.2. The van der Waals surface area contributed by atoms with Crippen LogP contribution in [0, 0.1) is 0 Å². The van der Waals surface area contributed by atoms with Crippen LogP contribution in [0.4, 0.5) is 11.9 Å². The topological polar surface area (TPSA) is 62.8 Å². The normalized spacial score (nSPS) is 18.2. The summed E-state index contributed by atoms with van der Waals surface area (Å²) in [4.78, 5) is 11.8. The lowest BCUT2D eigenvalue weighted by atomic mass is 10.0. The molecule has 2 aliphatic heterocycles. The van der Waals surface area contributed by atoms with Crippen molar-refractivity contribution in [3.05, 3.63) is 77.9 Å². The standard InChI is InChI=1S/C20H17N5O/c26-18-11-12-24-19(22-18)23-25-17(15-9-5-2-6-10-15)13-16(21-20(24)25)14-7-3-1-4-8-14/h1-10,13,17H,11-12H2,(H,22,23,26)/p+1. The van der Waals surface area contributed by atoms with Crippen molar-refractivity contribution in [2.75, 3.05) is 10.6 Å². The zero-order valence-electron chi connectivity index (χ0n) is 14.1. The maximum Gasteiger partial charge on any atom is 0.356 e.